The average Bonchev–Trinajstić information content (AvgIpc) is 3.14. The number of amides is 1. The smallest absolute Gasteiger partial charge is 0.356 e. The van der Waals surface area contributed by atoms with Gasteiger partial charge >= 0.3 is 11.9 Å². The first-order chi connectivity index (χ1) is 15.1. The van der Waals surface area contributed by atoms with Gasteiger partial charge in [0, 0.05) is 18.1 Å². The van der Waals surface area contributed by atoms with Crippen LogP contribution in [0.5, 0.6) is 0 Å². The van der Waals surface area contributed by atoms with Crippen molar-refractivity contribution < 1.29 is 37.8 Å². The van der Waals surface area contributed by atoms with Crippen molar-refractivity contribution in [1.82, 2.24) is 9.71 Å². The summed E-state index contributed by atoms with van der Waals surface area (Å²) in [6, 6.07) is 6.75. The Bertz CT molecular complexity index is 1280. The number of aromatic nitrogens is 1. The van der Waals surface area contributed by atoms with Crippen LogP contribution in [0.1, 0.15) is 17.0 Å². The summed E-state index contributed by atoms with van der Waals surface area (Å²) in [5.41, 5.74) is -1.94. The van der Waals surface area contributed by atoms with E-state index in [0.717, 1.165) is 0 Å². The molecule has 166 valence electrons. The van der Waals surface area contributed by atoms with E-state index in [4.69, 9.17) is 0 Å². The molecule has 12 heteroatoms. The maximum Gasteiger partial charge on any atom is 0.356 e. The molecule has 3 N–H and O–H groups in total. The molecule has 2 heterocycles. The van der Waals surface area contributed by atoms with Crippen molar-refractivity contribution in [2.75, 3.05) is 5.75 Å². The quantitative estimate of drug-likeness (QED) is 0.367. The molecule has 3 aromatic rings. The number of rotatable bonds is 6. The van der Waals surface area contributed by atoms with Gasteiger partial charge in [0.15, 0.2) is 27.6 Å². The molecule has 0 fully saturated rings. The van der Waals surface area contributed by atoms with Crippen molar-refractivity contribution in [3.8, 4) is 0 Å². The SMILES string of the molecule is O=C(O)C[S+]1NC(=O)C(CC(=O)O)(Cc2nc3c(F)c(F)cc(F)c3s2)c2ccccc21. The van der Waals surface area contributed by atoms with Gasteiger partial charge in [0.2, 0.25) is 5.75 Å². The normalized spacial score (nSPS) is 20.1. The van der Waals surface area contributed by atoms with Gasteiger partial charge in [-0.2, -0.15) is 4.72 Å². The van der Waals surface area contributed by atoms with Gasteiger partial charge in [-0.1, -0.05) is 18.2 Å². The second-order valence-electron chi connectivity index (χ2n) is 7.13. The first-order valence-corrected chi connectivity index (χ1v) is 11.3. The molecular weight excluding hydrogens is 469 g/mol. The van der Waals surface area contributed by atoms with Gasteiger partial charge in [-0.25, -0.2) is 22.9 Å². The Hall–Kier alpha value is -3.12. The standard InChI is InChI=1S/C20H13F3N2O5S2/c21-10-5-11(22)18-17(16(10)23)24-13(31-18)6-20(7-14(26)27)9-3-1-2-4-12(9)32(8-15(28)29)25-19(20)30/h1-5H,6-8H2,(H2-,25,26,27,28,29,30)/p+1. The molecule has 0 bridgehead atoms. The van der Waals surface area contributed by atoms with Gasteiger partial charge in [0.1, 0.15) is 11.3 Å². The summed E-state index contributed by atoms with van der Waals surface area (Å²) >= 11 is -0.506. The molecule has 0 saturated heterocycles. The van der Waals surface area contributed by atoms with Gasteiger partial charge in [-0.05, 0) is 6.07 Å². The van der Waals surface area contributed by atoms with Crippen LogP contribution < -0.4 is 4.72 Å². The van der Waals surface area contributed by atoms with Crippen LogP contribution in [0.15, 0.2) is 35.2 Å². The monoisotopic (exact) mass is 483 g/mol. The molecule has 2 atom stereocenters. The number of carboxylic acids is 2. The van der Waals surface area contributed by atoms with Crippen LogP contribution in [0, 0.1) is 17.5 Å². The fourth-order valence-corrected chi connectivity index (χ4v) is 6.59. The minimum absolute atomic E-state index is 0.0367. The van der Waals surface area contributed by atoms with Gasteiger partial charge in [-0.3, -0.25) is 9.59 Å². The number of carbonyl (C=O) groups is 3. The third-order valence-electron chi connectivity index (χ3n) is 5.05. The second-order valence-corrected chi connectivity index (χ2v) is 9.92. The fourth-order valence-electron chi connectivity index (χ4n) is 3.73. The lowest BCUT2D eigenvalue weighted by Crippen LogP contribution is -2.55. The Morgan fingerprint density at radius 1 is 1.12 bits per heavy atom. The topological polar surface area (TPSA) is 117 Å². The van der Waals surface area contributed by atoms with Gasteiger partial charge in [0.25, 0.3) is 5.91 Å². The number of carbonyl (C=O) groups excluding carboxylic acids is 1. The number of fused-ring (bicyclic) bond motifs is 2. The maximum atomic E-state index is 14.1. The van der Waals surface area contributed by atoms with Gasteiger partial charge in [-0.15, -0.1) is 11.3 Å². The van der Waals surface area contributed by atoms with E-state index in [9.17, 15) is 37.8 Å². The van der Waals surface area contributed by atoms with Crippen molar-refractivity contribution in [3.05, 3.63) is 58.4 Å². The Kier molecular flexibility index (Phi) is 5.59. The number of carboxylic acid groups (broad SMARTS) is 2. The summed E-state index contributed by atoms with van der Waals surface area (Å²) in [5, 5.41) is 18.8. The van der Waals surface area contributed by atoms with E-state index in [1.165, 1.54) is 6.07 Å². The van der Waals surface area contributed by atoms with E-state index in [1.54, 1.807) is 18.2 Å². The van der Waals surface area contributed by atoms with E-state index in [1.807, 2.05) is 0 Å². The summed E-state index contributed by atoms with van der Waals surface area (Å²) in [6.45, 7) is 0. The molecule has 1 amide bonds. The largest absolute Gasteiger partial charge is 0.481 e. The summed E-state index contributed by atoms with van der Waals surface area (Å²) in [7, 11) is 0. The zero-order chi connectivity index (χ0) is 23.2. The van der Waals surface area contributed by atoms with Crippen LogP contribution in [0.3, 0.4) is 0 Å². The molecule has 0 aliphatic carbocycles. The van der Waals surface area contributed by atoms with Crippen LogP contribution in [0.2, 0.25) is 0 Å². The van der Waals surface area contributed by atoms with Crippen LogP contribution in [-0.4, -0.2) is 38.8 Å². The zero-order valence-electron chi connectivity index (χ0n) is 16.0. The van der Waals surface area contributed by atoms with Crippen molar-refractivity contribution >= 4 is 50.5 Å². The molecule has 2 aromatic carbocycles. The third-order valence-corrected chi connectivity index (χ3v) is 7.97. The second kappa shape index (κ2) is 8.10. The summed E-state index contributed by atoms with van der Waals surface area (Å²) in [5.74, 6) is -7.34. The Morgan fingerprint density at radius 2 is 1.84 bits per heavy atom. The molecule has 7 nitrogen and oxygen atoms in total. The molecule has 32 heavy (non-hydrogen) atoms. The average molecular weight is 483 g/mol. The van der Waals surface area contributed by atoms with Crippen molar-refractivity contribution in [3.63, 3.8) is 0 Å². The highest BCUT2D eigenvalue weighted by Gasteiger charge is 2.54. The molecule has 1 aromatic heterocycles. The zero-order valence-corrected chi connectivity index (χ0v) is 17.7. The predicted molar refractivity (Wildman–Crippen MR) is 110 cm³/mol. The highest BCUT2D eigenvalue weighted by molar-refractivity contribution is 7.96. The van der Waals surface area contributed by atoms with Crippen LogP contribution in [0.25, 0.3) is 10.2 Å². The molecule has 1 aliphatic rings. The molecule has 0 saturated carbocycles. The predicted octanol–water partition coefficient (Wildman–Crippen LogP) is 2.78. The van der Waals surface area contributed by atoms with E-state index in [-0.39, 0.29) is 21.9 Å². The lowest BCUT2D eigenvalue weighted by molar-refractivity contribution is -0.142. The van der Waals surface area contributed by atoms with Crippen LogP contribution >= 0.6 is 11.3 Å². The Balaban J connectivity index is 1.88. The highest BCUT2D eigenvalue weighted by atomic mass is 32.2. The Morgan fingerprint density at radius 3 is 2.53 bits per heavy atom. The number of benzene rings is 2. The van der Waals surface area contributed by atoms with E-state index in [0.29, 0.717) is 27.9 Å². The van der Waals surface area contributed by atoms with Crippen LogP contribution in [-0.2, 0) is 37.3 Å². The molecule has 0 radical (unpaired) electrons. The number of hydrogen-bond donors (Lipinski definition) is 3. The first-order valence-electron chi connectivity index (χ1n) is 9.10. The molecular formula is C20H14F3N2O5S2+. The molecule has 1 aliphatic heterocycles. The van der Waals surface area contributed by atoms with Crippen molar-refractivity contribution in [2.24, 2.45) is 0 Å². The summed E-state index contributed by atoms with van der Waals surface area (Å²) < 4.78 is 44.2. The lowest BCUT2D eigenvalue weighted by atomic mass is 9.74. The van der Waals surface area contributed by atoms with E-state index >= 15 is 0 Å². The minimum atomic E-state index is -1.70. The summed E-state index contributed by atoms with van der Waals surface area (Å²) in [6.07, 6.45) is -0.998. The molecule has 4 rings (SSSR count). The number of nitrogens with one attached hydrogen (secondary N) is 1. The minimum Gasteiger partial charge on any atom is -0.481 e. The fraction of sp³-hybridized carbons (Fsp3) is 0.200. The van der Waals surface area contributed by atoms with E-state index in [2.05, 4.69) is 9.71 Å². The number of aliphatic carboxylic acids is 2. The molecule has 0 spiro atoms. The third kappa shape index (κ3) is 3.69. The maximum absolute atomic E-state index is 14.1. The Labute approximate surface area is 185 Å². The molecule has 2 unspecified atom stereocenters. The lowest BCUT2D eigenvalue weighted by Gasteiger charge is -2.34. The first kappa shape index (κ1) is 22.1. The van der Waals surface area contributed by atoms with Gasteiger partial charge < -0.3 is 10.2 Å². The van der Waals surface area contributed by atoms with Gasteiger partial charge in [0.05, 0.1) is 21.5 Å². The number of halogens is 3. The van der Waals surface area contributed by atoms with E-state index < -0.39 is 63.7 Å². The van der Waals surface area contributed by atoms with Crippen molar-refractivity contribution in [1.29, 1.82) is 0 Å². The highest BCUT2D eigenvalue weighted by Crippen LogP contribution is 2.42. The van der Waals surface area contributed by atoms with Crippen LogP contribution in [0.4, 0.5) is 13.2 Å². The number of nitrogens with zero attached hydrogens (tertiary/aromatic N) is 1. The number of thiazole rings is 1. The van der Waals surface area contributed by atoms with Crippen molar-refractivity contribution in [2.45, 2.75) is 23.2 Å². The summed E-state index contributed by atoms with van der Waals surface area (Å²) in [4.78, 5) is 40.6. The number of hydrogen-bond acceptors (Lipinski definition) is 5.